The van der Waals surface area contributed by atoms with E-state index in [0.717, 1.165) is 22.0 Å². The molecule has 0 unspecified atom stereocenters. The molecule has 5 amide bonds. The highest BCUT2D eigenvalue weighted by Crippen LogP contribution is 2.24. The van der Waals surface area contributed by atoms with E-state index in [-0.39, 0.29) is 51.2 Å². The molecular formula is C37H42FN9O6. The Morgan fingerprint density at radius 1 is 0.849 bits per heavy atom. The van der Waals surface area contributed by atoms with Gasteiger partial charge >= 0.3 is 12.0 Å². The zero-order valence-corrected chi connectivity index (χ0v) is 28.8. The SMILES string of the molecule is NC(=O)N1Cc2ccccc2C[C@H]1C(=O)N[C@H](Cc1ccc(F)cc1)C(=O)N[C@@H](CCCN=C(N)N)C(=O)N[C@@H](Cc1c[nH]c2ccccc12)C(=O)O. The lowest BCUT2D eigenvalue weighted by molar-refractivity contribution is -0.142. The molecule has 15 nitrogen and oxygen atoms in total. The highest BCUT2D eigenvalue weighted by molar-refractivity contribution is 5.95. The van der Waals surface area contributed by atoms with Crippen LogP contribution in [-0.4, -0.2) is 81.4 Å². The van der Waals surface area contributed by atoms with Crippen molar-refractivity contribution in [3.8, 4) is 0 Å². The summed E-state index contributed by atoms with van der Waals surface area (Å²) in [7, 11) is 0. The number of carbonyl (C=O) groups is 5. The van der Waals surface area contributed by atoms with E-state index in [1.54, 1.807) is 6.20 Å². The molecule has 1 aliphatic rings. The number of hydrogen-bond donors (Lipinski definition) is 8. The number of para-hydroxylation sites is 1. The number of benzene rings is 3. The zero-order valence-electron chi connectivity index (χ0n) is 28.8. The number of nitrogens with two attached hydrogens (primary N) is 3. The minimum Gasteiger partial charge on any atom is -0.480 e. The molecule has 0 spiro atoms. The number of halogens is 1. The van der Waals surface area contributed by atoms with E-state index in [0.29, 0.717) is 11.1 Å². The first-order chi connectivity index (χ1) is 25.4. The van der Waals surface area contributed by atoms with E-state index in [2.05, 4.69) is 25.9 Å². The molecule has 53 heavy (non-hydrogen) atoms. The number of carboxylic acids is 1. The van der Waals surface area contributed by atoms with Crippen molar-refractivity contribution in [2.24, 2.45) is 22.2 Å². The van der Waals surface area contributed by atoms with E-state index >= 15 is 0 Å². The molecule has 4 aromatic rings. The van der Waals surface area contributed by atoms with Crippen molar-refractivity contribution in [1.82, 2.24) is 25.8 Å². The fourth-order valence-electron chi connectivity index (χ4n) is 6.36. The van der Waals surface area contributed by atoms with Crippen LogP contribution in [-0.2, 0) is 45.0 Å². The average molecular weight is 728 g/mol. The van der Waals surface area contributed by atoms with Crippen molar-refractivity contribution >= 4 is 46.6 Å². The predicted octanol–water partition coefficient (Wildman–Crippen LogP) is 1.19. The van der Waals surface area contributed by atoms with Gasteiger partial charge in [-0.25, -0.2) is 14.0 Å². The van der Waals surface area contributed by atoms with E-state index in [4.69, 9.17) is 17.2 Å². The Hall–Kier alpha value is -6.45. The molecule has 278 valence electrons. The van der Waals surface area contributed by atoms with Crippen LogP contribution in [0.4, 0.5) is 9.18 Å². The van der Waals surface area contributed by atoms with Crippen LogP contribution >= 0.6 is 0 Å². The van der Waals surface area contributed by atoms with Gasteiger partial charge in [0.25, 0.3) is 0 Å². The number of rotatable bonds is 15. The smallest absolute Gasteiger partial charge is 0.326 e. The maximum atomic E-state index is 14.1. The Labute approximate surface area is 304 Å². The maximum Gasteiger partial charge on any atom is 0.326 e. The average Bonchev–Trinajstić information content (AvgIpc) is 3.54. The second kappa shape index (κ2) is 17.2. The molecule has 11 N–H and O–H groups in total. The van der Waals surface area contributed by atoms with E-state index in [9.17, 15) is 33.5 Å². The summed E-state index contributed by atoms with van der Waals surface area (Å²) in [5, 5.41) is 18.8. The molecule has 0 saturated carbocycles. The second-order valence-corrected chi connectivity index (χ2v) is 12.8. The third-order valence-corrected chi connectivity index (χ3v) is 9.11. The number of urea groups is 1. The molecule has 1 aliphatic heterocycles. The molecule has 1 aromatic heterocycles. The van der Waals surface area contributed by atoms with Crippen LogP contribution < -0.4 is 33.2 Å². The summed E-state index contributed by atoms with van der Waals surface area (Å²) in [6, 6.07) is 14.1. The van der Waals surface area contributed by atoms with Crippen molar-refractivity contribution in [2.45, 2.75) is 62.8 Å². The number of aromatic nitrogens is 1. The van der Waals surface area contributed by atoms with Gasteiger partial charge in [-0.1, -0.05) is 54.6 Å². The number of H-pyrrole nitrogens is 1. The van der Waals surface area contributed by atoms with Gasteiger partial charge < -0.3 is 48.1 Å². The number of nitrogens with one attached hydrogen (secondary N) is 4. The van der Waals surface area contributed by atoms with Crippen molar-refractivity contribution in [3.63, 3.8) is 0 Å². The largest absolute Gasteiger partial charge is 0.480 e. The summed E-state index contributed by atoms with van der Waals surface area (Å²) in [4.78, 5) is 74.7. The molecule has 0 fully saturated rings. The van der Waals surface area contributed by atoms with Gasteiger partial charge in [0.2, 0.25) is 17.7 Å². The standard InChI is InChI=1S/C37H42FN9O6/c38-25-13-11-21(12-14-25)16-29(45-34(50)31-18-22-6-1-2-7-23(22)20-47(31)37(41)53)33(49)44-28(10-5-15-42-36(39)40)32(48)46-30(35(51)52)17-24-19-43-27-9-4-3-8-26(24)27/h1-4,6-9,11-14,19,28-31,43H,5,10,15-18,20H2,(H2,41,53)(H,44,49)(H,45,50)(H,46,48)(H,51,52)(H4,39,40,42)/t28-,29+,30-,31-/m0/s1. The maximum absolute atomic E-state index is 14.1. The van der Waals surface area contributed by atoms with Crippen LogP contribution in [0.15, 0.2) is 84.0 Å². The van der Waals surface area contributed by atoms with Crippen LogP contribution in [0.5, 0.6) is 0 Å². The van der Waals surface area contributed by atoms with Crippen molar-refractivity contribution in [3.05, 3.63) is 107 Å². The number of aromatic amines is 1. The molecule has 5 rings (SSSR count). The van der Waals surface area contributed by atoms with Crippen LogP contribution in [0.25, 0.3) is 10.9 Å². The van der Waals surface area contributed by atoms with Gasteiger partial charge in [-0.05, 0) is 53.3 Å². The predicted molar refractivity (Wildman–Crippen MR) is 195 cm³/mol. The van der Waals surface area contributed by atoms with Gasteiger partial charge in [-0.3, -0.25) is 19.4 Å². The normalized spacial score (nSPS) is 15.3. The summed E-state index contributed by atoms with van der Waals surface area (Å²) in [6.07, 6.45) is 1.87. The van der Waals surface area contributed by atoms with Gasteiger partial charge in [0.05, 0.1) is 0 Å². The lowest BCUT2D eigenvalue weighted by Crippen LogP contribution is -2.60. The van der Waals surface area contributed by atoms with E-state index in [1.807, 2.05) is 48.5 Å². The number of carboxylic acid groups (broad SMARTS) is 1. The summed E-state index contributed by atoms with van der Waals surface area (Å²) in [5.74, 6) is -4.20. The summed E-state index contributed by atoms with van der Waals surface area (Å²) in [5.41, 5.74) is 20.2. The number of guanidine groups is 1. The van der Waals surface area contributed by atoms with Crippen LogP contribution in [0.2, 0.25) is 0 Å². The van der Waals surface area contributed by atoms with Gasteiger partial charge in [0.15, 0.2) is 5.96 Å². The molecule has 16 heteroatoms. The fourth-order valence-corrected chi connectivity index (χ4v) is 6.36. The third kappa shape index (κ3) is 9.87. The van der Waals surface area contributed by atoms with Gasteiger partial charge in [-0.15, -0.1) is 0 Å². The van der Waals surface area contributed by atoms with Crippen LogP contribution in [0, 0.1) is 5.82 Å². The molecule has 2 heterocycles. The number of carbonyl (C=O) groups excluding carboxylic acids is 4. The van der Waals surface area contributed by atoms with Crippen molar-refractivity contribution < 1.29 is 33.5 Å². The first-order valence-corrected chi connectivity index (χ1v) is 17.0. The molecule has 0 aliphatic carbocycles. The summed E-state index contributed by atoms with van der Waals surface area (Å²) < 4.78 is 13.8. The Kier molecular flexibility index (Phi) is 12.2. The minimum atomic E-state index is -1.36. The molecule has 0 saturated heterocycles. The molecule has 4 atom stereocenters. The number of hydrogen-bond acceptors (Lipinski definition) is 6. The topological polar surface area (TPSA) is 251 Å². The Balaban J connectivity index is 1.38. The molecule has 0 bridgehead atoms. The number of primary amides is 1. The van der Waals surface area contributed by atoms with Crippen molar-refractivity contribution in [2.75, 3.05) is 6.54 Å². The molecule has 0 radical (unpaired) electrons. The number of fused-ring (bicyclic) bond motifs is 2. The fraction of sp³-hybridized carbons (Fsp3) is 0.297. The van der Waals surface area contributed by atoms with Crippen LogP contribution in [0.3, 0.4) is 0 Å². The lowest BCUT2D eigenvalue weighted by Gasteiger charge is -2.35. The van der Waals surface area contributed by atoms with E-state index < -0.39 is 59.7 Å². The number of aliphatic imine (C=N–C) groups is 1. The molecular weight excluding hydrogens is 685 g/mol. The van der Waals surface area contributed by atoms with Gasteiger partial charge in [0, 0.05) is 49.5 Å². The third-order valence-electron chi connectivity index (χ3n) is 9.11. The number of aliphatic carboxylic acids is 1. The number of amides is 5. The second-order valence-electron chi connectivity index (χ2n) is 12.8. The first kappa shape index (κ1) is 37.8. The Morgan fingerprint density at radius 3 is 2.21 bits per heavy atom. The van der Waals surface area contributed by atoms with Crippen LogP contribution in [0.1, 0.15) is 35.1 Å². The van der Waals surface area contributed by atoms with Crippen molar-refractivity contribution in [1.29, 1.82) is 0 Å². The number of nitrogens with zero attached hydrogens (tertiary/aromatic N) is 2. The lowest BCUT2D eigenvalue weighted by atomic mass is 9.93. The minimum absolute atomic E-state index is 0.000144. The highest BCUT2D eigenvalue weighted by Gasteiger charge is 2.36. The first-order valence-electron chi connectivity index (χ1n) is 17.0. The molecule has 3 aromatic carbocycles. The van der Waals surface area contributed by atoms with E-state index in [1.165, 1.54) is 29.2 Å². The summed E-state index contributed by atoms with van der Waals surface area (Å²) in [6.45, 7) is 0.196. The van der Waals surface area contributed by atoms with Gasteiger partial charge in [0.1, 0.15) is 30.0 Å². The Morgan fingerprint density at radius 2 is 1.51 bits per heavy atom. The Bertz CT molecular complexity index is 2000. The quantitative estimate of drug-likeness (QED) is 0.0501. The summed E-state index contributed by atoms with van der Waals surface area (Å²) >= 11 is 0. The van der Waals surface area contributed by atoms with Gasteiger partial charge in [-0.2, -0.15) is 0 Å². The monoisotopic (exact) mass is 727 g/mol. The highest BCUT2D eigenvalue weighted by atomic mass is 19.1. The zero-order chi connectivity index (χ0) is 38.1.